The van der Waals surface area contributed by atoms with Crippen molar-refractivity contribution in [3.8, 4) is 0 Å². The first kappa shape index (κ1) is 23.7. The molecule has 180 valence electrons. The summed E-state index contributed by atoms with van der Waals surface area (Å²) in [5, 5.41) is 3.33. The van der Waals surface area contributed by atoms with Crippen LogP contribution in [0.5, 0.6) is 0 Å². The molecule has 1 saturated carbocycles. The van der Waals surface area contributed by atoms with Gasteiger partial charge in [-0.05, 0) is 76.0 Å². The number of ether oxygens (including phenoxy) is 2. The van der Waals surface area contributed by atoms with E-state index in [2.05, 4.69) is 0 Å². The fourth-order valence-electron chi connectivity index (χ4n) is 5.00. The van der Waals surface area contributed by atoms with Crippen LogP contribution in [0.4, 0.5) is 4.79 Å². The van der Waals surface area contributed by atoms with Crippen LogP contribution in [0.2, 0.25) is 0 Å². The van der Waals surface area contributed by atoms with Gasteiger partial charge in [-0.1, -0.05) is 17.7 Å². The number of hydroxylamine groups is 4. The van der Waals surface area contributed by atoms with Crippen LogP contribution < -0.4 is 0 Å². The number of rotatable bonds is 7. The molecule has 1 saturated heterocycles. The molecular formula is C25H34N2O6. The molecule has 8 heteroatoms. The number of aryl methyl sites for hydroxylation is 3. The molecule has 2 fully saturated rings. The number of benzene rings is 1. The number of hydrogen-bond acceptors (Lipinski definition) is 7. The van der Waals surface area contributed by atoms with Crippen molar-refractivity contribution in [2.75, 3.05) is 33.4 Å². The van der Waals surface area contributed by atoms with E-state index in [1.807, 2.05) is 38.0 Å². The van der Waals surface area contributed by atoms with Crippen LogP contribution in [0.3, 0.4) is 0 Å². The second kappa shape index (κ2) is 9.44. The molecule has 33 heavy (non-hydrogen) atoms. The van der Waals surface area contributed by atoms with Crippen LogP contribution in [0.1, 0.15) is 54.9 Å². The summed E-state index contributed by atoms with van der Waals surface area (Å²) >= 11 is 0. The van der Waals surface area contributed by atoms with E-state index in [0.717, 1.165) is 35.1 Å². The van der Waals surface area contributed by atoms with Crippen LogP contribution in [-0.2, 0) is 23.9 Å². The zero-order valence-electron chi connectivity index (χ0n) is 20.2. The highest BCUT2D eigenvalue weighted by Gasteiger charge is 2.57. The minimum Gasteiger partial charge on any atom is -0.434 e. The molecule has 1 aromatic carbocycles. The van der Waals surface area contributed by atoms with Gasteiger partial charge in [0.15, 0.2) is 5.76 Å². The van der Waals surface area contributed by atoms with Gasteiger partial charge in [0.2, 0.25) is 0 Å². The van der Waals surface area contributed by atoms with Gasteiger partial charge in [-0.15, -0.1) is 0 Å². The molecule has 0 N–H and O–H groups in total. The first-order chi connectivity index (χ1) is 15.8. The highest BCUT2D eigenvalue weighted by atomic mass is 16.7. The zero-order valence-corrected chi connectivity index (χ0v) is 20.2. The van der Waals surface area contributed by atoms with Crippen molar-refractivity contribution in [1.82, 2.24) is 10.1 Å². The predicted molar refractivity (Wildman–Crippen MR) is 122 cm³/mol. The Kier molecular flexibility index (Phi) is 6.79. The molecule has 0 unspecified atom stereocenters. The molecule has 2 heterocycles. The van der Waals surface area contributed by atoms with Crippen molar-refractivity contribution >= 4 is 17.6 Å². The number of carbonyl (C=O) groups excluding carboxylic acids is 2. The normalized spacial score (nSPS) is 20.6. The largest absolute Gasteiger partial charge is 0.513 e. The lowest BCUT2D eigenvalue weighted by Gasteiger charge is -2.43. The van der Waals surface area contributed by atoms with Crippen LogP contribution >= 0.6 is 0 Å². The van der Waals surface area contributed by atoms with Gasteiger partial charge in [0.25, 0.3) is 5.91 Å². The quantitative estimate of drug-likeness (QED) is 0.570. The molecule has 0 atom stereocenters. The Morgan fingerprint density at radius 1 is 1.12 bits per heavy atom. The minimum atomic E-state index is -0.896. The van der Waals surface area contributed by atoms with Crippen molar-refractivity contribution in [3.63, 3.8) is 0 Å². The topological polar surface area (TPSA) is 77.5 Å². The number of amides is 1. The van der Waals surface area contributed by atoms with Crippen LogP contribution in [0.15, 0.2) is 17.9 Å². The maximum Gasteiger partial charge on any atom is 0.513 e. The first-order valence-electron chi connectivity index (χ1n) is 11.7. The average molecular weight is 459 g/mol. The van der Waals surface area contributed by atoms with Crippen molar-refractivity contribution in [2.24, 2.45) is 5.92 Å². The Morgan fingerprint density at radius 3 is 2.30 bits per heavy atom. The summed E-state index contributed by atoms with van der Waals surface area (Å²) < 4.78 is 11.0. The molecule has 0 bridgehead atoms. The van der Waals surface area contributed by atoms with Gasteiger partial charge in [0.05, 0.1) is 25.9 Å². The molecule has 8 nitrogen and oxygen atoms in total. The van der Waals surface area contributed by atoms with E-state index < -0.39 is 11.7 Å². The van der Waals surface area contributed by atoms with E-state index >= 15 is 0 Å². The predicted octanol–water partition coefficient (Wildman–Crippen LogP) is 4.08. The number of nitrogens with zero attached hydrogens (tertiary/aromatic N) is 2. The lowest BCUT2D eigenvalue weighted by Crippen LogP contribution is -2.55. The highest BCUT2D eigenvalue weighted by Crippen LogP contribution is 2.49. The Balaban J connectivity index is 1.85. The summed E-state index contributed by atoms with van der Waals surface area (Å²) in [6.07, 6.45) is 2.43. The molecule has 1 amide bonds. The Hall–Kier alpha value is -2.42. The molecule has 1 aromatic rings. The second-order valence-electron chi connectivity index (χ2n) is 9.24. The minimum absolute atomic E-state index is 0.185. The van der Waals surface area contributed by atoms with Gasteiger partial charge < -0.3 is 14.3 Å². The molecule has 0 aromatic heterocycles. The van der Waals surface area contributed by atoms with Crippen molar-refractivity contribution in [3.05, 3.63) is 40.1 Å². The Labute approximate surface area is 195 Å². The van der Waals surface area contributed by atoms with Crippen molar-refractivity contribution < 1.29 is 28.7 Å². The zero-order chi connectivity index (χ0) is 23.8. The van der Waals surface area contributed by atoms with Crippen LogP contribution in [-0.4, -0.2) is 61.1 Å². The maximum absolute atomic E-state index is 14.0. The van der Waals surface area contributed by atoms with Crippen molar-refractivity contribution in [2.45, 2.75) is 58.9 Å². The fraction of sp³-hybridized carbons (Fsp3) is 0.600. The van der Waals surface area contributed by atoms with Gasteiger partial charge >= 0.3 is 6.16 Å². The van der Waals surface area contributed by atoms with Crippen molar-refractivity contribution in [1.29, 1.82) is 0 Å². The number of hydrogen-bond donors (Lipinski definition) is 0. The van der Waals surface area contributed by atoms with Gasteiger partial charge in [0, 0.05) is 13.1 Å². The first-order valence-corrected chi connectivity index (χ1v) is 11.7. The third kappa shape index (κ3) is 4.52. The van der Waals surface area contributed by atoms with E-state index in [1.165, 1.54) is 5.06 Å². The summed E-state index contributed by atoms with van der Waals surface area (Å²) in [4.78, 5) is 38.1. The van der Waals surface area contributed by atoms with E-state index in [4.69, 9.17) is 19.1 Å². The fourth-order valence-corrected chi connectivity index (χ4v) is 5.00. The monoisotopic (exact) mass is 458 g/mol. The smallest absolute Gasteiger partial charge is 0.434 e. The Morgan fingerprint density at radius 2 is 1.76 bits per heavy atom. The molecule has 0 radical (unpaired) electrons. The molecule has 3 aliphatic rings. The van der Waals surface area contributed by atoms with Crippen LogP contribution in [0.25, 0.3) is 5.57 Å². The molecule has 4 rings (SSSR count). The summed E-state index contributed by atoms with van der Waals surface area (Å²) in [6.45, 7) is 9.51. The van der Waals surface area contributed by atoms with Gasteiger partial charge in [-0.2, -0.15) is 5.06 Å². The Bertz CT molecular complexity index is 937. The molecule has 2 aliphatic heterocycles. The summed E-state index contributed by atoms with van der Waals surface area (Å²) in [6, 6.07) is 4.08. The lowest BCUT2D eigenvalue weighted by molar-refractivity contribution is -0.234. The molecule has 1 spiro atoms. The van der Waals surface area contributed by atoms with E-state index in [9.17, 15) is 9.59 Å². The van der Waals surface area contributed by atoms with E-state index in [0.29, 0.717) is 49.8 Å². The average Bonchev–Trinajstić information content (AvgIpc) is 3.57. The second-order valence-corrected chi connectivity index (χ2v) is 9.24. The number of piperidine rings is 1. The summed E-state index contributed by atoms with van der Waals surface area (Å²) in [5.41, 5.74) is 3.30. The molecular weight excluding hydrogens is 424 g/mol. The number of carbonyl (C=O) groups is 2. The third-order valence-corrected chi connectivity index (χ3v) is 6.76. The van der Waals surface area contributed by atoms with Gasteiger partial charge in [0.1, 0.15) is 5.54 Å². The molecule has 1 aliphatic carbocycles. The maximum atomic E-state index is 14.0. The summed E-state index contributed by atoms with van der Waals surface area (Å²) in [5.74, 6) is 0.527. The highest BCUT2D eigenvalue weighted by molar-refractivity contribution is 6.23. The third-order valence-electron chi connectivity index (χ3n) is 6.76. The lowest BCUT2D eigenvalue weighted by atomic mass is 9.84. The van der Waals surface area contributed by atoms with Gasteiger partial charge in [-0.25, -0.2) is 9.86 Å². The van der Waals surface area contributed by atoms with Crippen LogP contribution in [0, 0.1) is 26.7 Å². The van der Waals surface area contributed by atoms with Gasteiger partial charge in [-0.3, -0.25) is 9.63 Å². The van der Waals surface area contributed by atoms with E-state index in [-0.39, 0.29) is 12.5 Å². The summed E-state index contributed by atoms with van der Waals surface area (Å²) in [7, 11) is 1.63. The van der Waals surface area contributed by atoms with E-state index in [1.54, 1.807) is 14.0 Å². The SMILES string of the molecule is CCOC(=O)OC1=C(c2c(C)cc(C)cc2C)C(=O)N(OCC2CC2)C12CCN(OC)CC2. The standard InChI is InChI=1S/C25H34N2O6/c1-6-31-24(29)33-22-21(20-17(3)13-16(2)14-18(20)4)23(28)27(32-15-19-7-8-19)25(22)9-11-26(30-5)12-10-25/h13-14,19H,6-12,15H2,1-5H3.